The summed E-state index contributed by atoms with van der Waals surface area (Å²) in [6.07, 6.45) is 0. The van der Waals surface area contributed by atoms with Crippen LogP contribution in [-0.4, -0.2) is 24.4 Å². The van der Waals surface area contributed by atoms with Gasteiger partial charge in [0.1, 0.15) is 0 Å². The van der Waals surface area contributed by atoms with Crippen LogP contribution in [0.3, 0.4) is 0 Å². The van der Waals surface area contributed by atoms with Gasteiger partial charge in [0.15, 0.2) is 0 Å². The number of rotatable bonds is 7. The van der Waals surface area contributed by atoms with Crippen LogP contribution in [0.1, 0.15) is 29.8 Å². The molecule has 0 heterocycles. The van der Waals surface area contributed by atoms with Crippen LogP contribution in [0.5, 0.6) is 0 Å². The lowest BCUT2D eigenvalue weighted by Crippen LogP contribution is -2.37. The maximum atomic E-state index is 12.2. The highest BCUT2D eigenvalue weighted by molar-refractivity contribution is 6.30. The van der Waals surface area contributed by atoms with Gasteiger partial charge in [0, 0.05) is 28.9 Å². The van der Waals surface area contributed by atoms with E-state index in [-0.39, 0.29) is 24.4 Å². The third-order valence-corrected chi connectivity index (χ3v) is 3.61. The number of nitrogens with one attached hydrogen (secondary N) is 3. The minimum Gasteiger partial charge on any atom is -0.353 e. The lowest BCUT2D eigenvalue weighted by Gasteiger charge is -2.10. The van der Waals surface area contributed by atoms with Gasteiger partial charge >= 0.3 is 0 Å². The third-order valence-electron chi connectivity index (χ3n) is 3.36. The molecule has 0 aliphatic heterocycles. The topological polar surface area (TPSA) is 70.2 Å². The van der Waals surface area contributed by atoms with Crippen molar-refractivity contribution in [1.82, 2.24) is 10.6 Å². The Morgan fingerprint density at radius 2 is 1.80 bits per heavy atom. The predicted molar refractivity (Wildman–Crippen MR) is 101 cm³/mol. The van der Waals surface area contributed by atoms with E-state index in [1.807, 2.05) is 38.1 Å². The second kappa shape index (κ2) is 9.20. The Morgan fingerprint density at radius 1 is 1.08 bits per heavy atom. The van der Waals surface area contributed by atoms with Crippen LogP contribution < -0.4 is 16.0 Å². The van der Waals surface area contributed by atoms with Crippen LogP contribution >= 0.6 is 11.6 Å². The average Bonchev–Trinajstić information content (AvgIpc) is 2.55. The molecule has 2 rings (SSSR count). The van der Waals surface area contributed by atoms with Crippen molar-refractivity contribution < 1.29 is 9.59 Å². The Morgan fingerprint density at radius 3 is 2.48 bits per heavy atom. The fourth-order valence-corrected chi connectivity index (χ4v) is 2.38. The molecular weight excluding hydrogens is 338 g/mol. The van der Waals surface area contributed by atoms with Gasteiger partial charge in [-0.25, -0.2) is 0 Å². The molecular formula is C19H22ClN3O2. The predicted octanol–water partition coefficient (Wildman–Crippen LogP) is 3.21. The Labute approximate surface area is 152 Å². The smallest absolute Gasteiger partial charge is 0.255 e. The van der Waals surface area contributed by atoms with Crippen molar-refractivity contribution in [2.45, 2.75) is 26.4 Å². The molecule has 0 atom stereocenters. The van der Waals surface area contributed by atoms with Gasteiger partial charge in [0.05, 0.1) is 6.54 Å². The normalized spacial score (nSPS) is 10.6. The molecule has 0 unspecified atom stereocenters. The van der Waals surface area contributed by atoms with Crippen molar-refractivity contribution in [3.63, 3.8) is 0 Å². The first-order valence-electron chi connectivity index (χ1n) is 8.10. The molecule has 3 N–H and O–H groups in total. The molecule has 0 saturated heterocycles. The molecule has 25 heavy (non-hydrogen) atoms. The number of halogens is 1. The van der Waals surface area contributed by atoms with Gasteiger partial charge in [-0.05, 0) is 55.8 Å². The molecule has 0 saturated carbocycles. The van der Waals surface area contributed by atoms with E-state index in [4.69, 9.17) is 11.6 Å². The van der Waals surface area contributed by atoms with Crippen LogP contribution in [0.2, 0.25) is 5.02 Å². The minimum atomic E-state index is -0.196. The molecule has 0 fully saturated rings. The lowest BCUT2D eigenvalue weighted by atomic mass is 10.1. The number of benzene rings is 2. The zero-order valence-corrected chi connectivity index (χ0v) is 15.1. The molecule has 2 aromatic rings. The number of carbonyl (C=O) groups excluding carboxylic acids is 2. The Balaban J connectivity index is 1.89. The fraction of sp³-hybridized carbons (Fsp3) is 0.263. The Bertz CT molecular complexity index is 730. The number of carbonyl (C=O) groups is 2. The number of anilines is 1. The van der Waals surface area contributed by atoms with Gasteiger partial charge < -0.3 is 16.0 Å². The van der Waals surface area contributed by atoms with E-state index in [1.165, 1.54) is 0 Å². The van der Waals surface area contributed by atoms with E-state index in [0.717, 1.165) is 5.56 Å². The summed E-state index contributed by atoms with van der Waals surface area (Å²) < 4.78 is 0. The zero-order valence-electron chi connectivity index (χ0n) is 14.3. The summed E-state index contributed by atoms with van der Waals surface area (Å²) >= 11 is 5.83. The fourth-order valence-electron chi connectivity index (χ4n) is 2.26. The van der Waals surface area contributed by atoms with E-state index in [9.17, 15) is 9.59 Å². The molecule has 0 radical (unpaired) electrons. The van der Waals surface area contributed by atoms with Crippen molar-refractivity contribution in [2.24, 2.45) is 0 Å². The summed E-state index contributed by atoms with van der Waals surface area (Å²) in [4.78, 5) is 23.8. The van der Waals surface area contributed by atoms with Crippen LogP contribution in [-0.2, 0) is 11.3 Å². The molecule has 5 nitrogen and oxygen atoms in total. The molecule has 0 aliphatic rings. The minimum absolute atomic E-state index is 0.0396. The maximum absolute atomic E-state index is 12.2. The highest BCUT2D eigenvalue weighted by Crippen LogP contribution is 2.14. The van der Waals surface area contributed by atoms with Crippen molar-refractivity contribution in [2.75, 3.05) is 11.9 Å². The quantitative estimate of drug-likeness (QED) is 0.711. The standard InChI is InChI=1S/C19H22ClN3O2/c1-13(2)22-18(24)12-21-11-14-4-3-5-17(10-14)23-19(25)15-6-8-16(20)9-7-15/h3-10,13,21H,11-12H2,1-2H3,(H,22,24)(H,23,25). The first-order chi connectivity index (χ1) is 11.9. The molecule has 2 aromatic carbocycles. The van der Waals surface area contributed by atoms with Crippen LogP contribution in [0.25, 0.3) is 0 Å². The number of hydrogen-bond donors (Lipinski definition) is 3. The Hall–Kier alpha value is -2.37. The van der Waals surface area contributed by atoms with Gasteiger partial charge in [0.2, 0.25) is 5.91 Å². The molecule has 132 valence electrons. The van der Waals surface area contributed by atoms with Gasteiger partial charge in [-0.2, -0.15) is 0 Å². The lowest BCUT2D eigenvalue weighted by molar-refractivity contribution is -0.120. The van der Waals surface area contributed by atoms with Crippen LogP contribution in [0, 0.1) is 0 Å². The molecule has 0 aromatic heterocycles. The van der Waals surface area contributed by atoms with Gasteiger partial charge in [-0.1, -0.05) is 23.7 Å². The molecule has 6 heteroatoms. The summed E-state index contributed by atoms with van der Waals surface area (Å²) in [7, 11) is 0. The first kappa shape index (κ1) is 19.0. The van der Waals surface area contributed by atoms with Gasteiger partial charge in [-0.15, -0.1) is 0 Å². The summed E-state index contributed by atoms with van der Waals surface area (Å²) in [6.45, 7) is 4.63. The summed E-state index contributed by atoms with van der Waals surface area (Å²) in [5.74, 6) is -0.236. The number of amides is 2. The monoisotopic (exact) mass is 359 g/mol. The summed E-state index contributed by atoms with van der Waals surface area (Å²) in [6, 6.07) is 14.3. The highest BCUT2D eigenvalue weighted by atomic mass is 35.5. The highest BCUT2D eigenvalue weighted by Gasteiger charge is 2.07. The molecule has 0 spiro atoms. The van der Waals surface area contributed by atoms with E-state index in [1.54, 1.807) is 24.3 Å². The van der Waals surface area contributed by atoms with Crippen molar-refractivity contribution >= 4 is 29.1 Å². The first-order valence-corrected chi connectivity index (χ1v) is 8.48. The van der Waals surface area contributed by atoms with E-state index >= 15 is 0 Å². The second-order valence-corrected chi connectivity index (χ2v) is 6.42. The zero-order chi connectivity index (χ0) is 18.2. The van der Waals surface area contributed by atoms with Crippen molar-refractivity contribution in [1.29, 1.82) is 0 Å². The third kappa shape index (κ3) is 6.57. The van der Waals surface area contributed by atoms with Crippen LogP contribution in [0.4, 0.5) is 5.69 Å². The van der Waals surface area contributed by atoms with Crippen molar-refractivity contribution in [3.05, 3.63) is 64.7 Å². The second-order valence-electron chi connectivity index (χ2n) is 5.99. The summed E-state index contributed by atoms with van der Waals surface area (Å²) in [5, 5.41) is 9.35. The van der Waals surface area contributed by atoms with Gasteiger partial charge in [-0.3, -0.25) is 9.59 Å². The molecule has 2 amide bonds. The average molecular weight is 360 g/mol. The van der Waals surface area contributed by atoms with Crippen LogP contribution in [0.15, 0.2) is 48.5 Å². The largest absolute Gasteiger partial charge is 0.353 e. The van der Waals surface area contributed by atoms with Crippen molar-refractivity contribution in [3.8, 4) is 0 Å². The molecule has 0 aliphatic carbocycles. The Kier molecular flexibility index (Phi) is 6.98. The molecule has 0 bridgehead atoms. The number of hydrogen-bond acceptors (Lipinski definition) is 3. The van der Waals surface area contributed by atoms with E-state index in [0.29, 0.717) is 22.8 Å². The summed E-state index contributed by atoms with van der Waals surface area (Å²) in [5.41, 5.74) is 2.22. The maximum Gasteiger partial charge on any atom is 0.255 e. The SMILES string of the molecule is CC(C)NC(=O)CNCc1cccc(NC(=O)c2ccc(Cl)cc2)c1. The van der Waals surface area contributed by atoms with E-state index in [2.05, 4.69) is 16.0 Å². The van der Waals surface area contributed by atoms with Gasteiger partial charge in [0.25, 0.3) is 5.91 Å². The van der Waals surface area contributed by atoms with E-state index < -0.39 is 0 Å².